The standard InChI is InChI=1S/C8H11N3O4S/c1-3-15-7(13)4(2)16-6-5(12)9-8(14)11-10-6/h4H,3H2,1-2H3,(H2,9,11,12,14). The summed E-state index contributed by atoms with van der Waals surface area (Å²) in [5.41, 5.74) is -1.30. The third-order valence-corrected chi connectivity index (χ3v) is 2.63. The van der Waals surface area contributed by atoms with Gasteiger partial charge in [-0.1, -0.05) is 11.8 Å². The molecule has 0 amide bonds. The summed E-state index contributed by atoms with van der Waals surface area (Å²) in [5, 5.41) is 5.09. The minimum absolute atomic E-state index is 0.0279. The minimum Gasteiger partial charge on any atom is -0.465 e. The Balaban J connectivity index is 2.77. The lowest BCUT2D eigenvalue weighted by Crippen LogP contribution is -2.27. The van der Waals surface area contributed by atoms with Crippen LogP contribution in [0.25, 0.3) is 0 Å². The summed E-state index contributed by atoms with van der Waals surface area (Å²) in [6.07, 6.45) is 0. The van der Waals surface area contributed by atoms with Crippen molar-refractivity contribution in [2.45, 2.75) is 24.1 Å². The van der Waals surface area contributed by atoms with E-state index in [0.29, 0.717) is 0 Å². The molecule has 1 heterocycles. The van der Waals surface area contributed by atoms with Crippen molar-refractivity contribution in [3.05, 3.63) is 20.8 Å². The number of ether oxygens (including phenoxy) is 1. The zero-order valence-electron chi connectivity index (χ0n) is 8.77. The Morgan fingerprint density at radius 1 is 1.56 bits per heavy atom. The molecular weight excluding hydrogens is 234 g/mol. The zero-order valence-corrected chi connectivity index (χ0v) is 9.59. The highest BCUT2D eigenvalue weighted by molar-refractivity contribution is 8.00. The van der Waals surface area contributed by atoms with Crippen LogP contribution < -0.4 is 11.2 Å². The fourth-order valence-electron chi connectivity index (χ4n) is 0.892. The van der Waals surface area contributed by atoms with E-state index in [2.05, 4.69) is 10.2 Å². The van der Waals surface area contributed by atoms with Gasteiger partial charge in [0.2, 0.25) is 0 Å². The second-order valence-electron chi connectivity index (χ2n) is 2.82. The largest absolute Gasteiger partial charge is 0.465 e. The maximum absolute atomic E-state index is 11.3. The average Bonchev–Trinajstić information content (AvgIpc) is 2.22. The molecule has 7 nitrogen and oxygen atoms in total. The van der Waals surface area contributed by atoms with Gasteiger partial charge in [0, 0.05) is 0 Å². The Morgan fingerprint density at radius 2 is 2.25 bits per heavy atom. The van der Waals surface area contributed by atoms with Gasteiger partial charge in [-0.25, -0.2) is 9.89 Å². The van der Waals surface area contributed by atoms with Crippen LogP contribution in [0.4, 0.5) is 0 Å². The van der Waals surface area contributed by atoms with Crippen molar-refractivity contribution in [3.63, 3.8) is 0 Å². The van der Waals surface area contributed by atoms with Gasteiger partial charge in [0.15, 0.2) is 5.03 Å². The van der Waals surface area contributed by atoms with Crippen LogP contribution in [0.15, 0.2) is 14.6 Å². The molecular formula is C8H11N3O4S. The summed E-state index contributed by atoms with van der Waals surface area (Å²) in [6, 6.07) is 0. The summed E-state index contributed by atoms with van der Waals surface area (Å²) in [5.74, 6) is -0.431. The van der Waals surface area contributed by atoms with Gasteiger partial charge in [0.25, 0.3) is 5.56 Å². The first-order chi connectivity index (χ1) is 7.54. The van der Waals surface area contributed by atoms with Gasteiger partial charge in [-0.05, 0) is 13.8 Å². The molecule has 2 N–H and O–H groups in total. The molecule has 0 aliphatic rings. The first-order valence-electron chi connectivity index (χ1n) is 4.57. The van der Waals surface area contributed by atoms with Crippen LogP contribution in [-0.4, -0.2) is 33.0 Å². The van der Waals surface area contributed by atoms with Crippen LogP contribution in [0.5, 0.6) is 0 Å². The molecule has 8 heteroatoms. The van der Waals surface area contributed by atoms with E-state index < -0.39 is 22.5 Å². The number of hydrogen-bond acceptors (Lipinski definition) is 6. The van der Waals surface area contributed by atoms with E-state index in [1.54, 1.807) is 13.8 Å². The summed E-state index contributed by atoms with van der Waals surface area (Å²) in [7, 11) is 0. The molecule has 0 saturated carbocycles. The predicted octanol–water partition coefficient (Wildman–Crippen LogP) is -0.498. The fourth-order valence-corrected chi connectivity index (χ4v) is 1.65. The third-order valence-electron chi connectivity index (χ3n) is 1.59. The predicted molar refractivity (Wildman–Crippen MR) is 57.4 cm³/mol. The zero-order chi connectivity index (χ0) is 12.1. The van der Waals surface area contributed by atoms with Gasteiger partial charge in [0.05, 0.1) is 6.61 Å². The number of aromatic nitrogens is 3. The molecule has 0 fully saturated rings. The molecule has 0 saturated heterocycles. The Labute approximate surface area is 94.6 Å². The van der Waals surface area contributed by atoms with Gasteiger partial charge >= 0.3 is 11.7 Å². The summed E-state index contributed by atoms with van der Waals surface area (Å²) < 4.78 is 4.77. The number of nitrogens with zero attached hydrogens (tertiary/aromatic N) is 1. The number of thioether (sulfide) groups is 1. The molecule has 1 rings (SSSR count). The number of carbonyl (C=O) groups excluding carboxylic acids is 1. The molecule has 1 unspecified atom stereocenters. The van der Waals surface area contributed by atoms with E-state index in [1.807, 2.05) is 4.98 Å². The van der Waals surface area contributed by atoms with E-state index in [1.165, 1.54) is 0 Å². The molecule has 0 spiro atoms. The monoisotopic (exact) mass is 245 g/mol. The lowest BCUT2D eigenvalue weighted by molar-refractivity contribution is -0.142. The van der Waals surface area contributed by atoms with E-state index in [4.69, 9.17) is 4.74 Å². The number of carbonyl (C=O) groups is 1. The van der Waals surface area contributed by atoms with Crippen molar-refractivity contribution < 1.29 is 9.53 Å². The van der Waals surface area contributed by atoms with Crippen LogP contribution >= 0.6 is 11.8 Å². The first-order valence-corrected chi connectivity index (χ1v) is 5.44. The minimum atomic E-state index is -0.682. The maximum atomic E-state index is 11.3. The fraction of sp³-hybridized carbons (Fsp3) is 0.500. The highest BCUT2D eigenvalue weighted by Crippen LogP contribution is 2.17. The molecule has 1 aromatic rings. The van der Waals surface area contributed by atoms with Crippen molar-refractivity contribution >= 4 is 17.7 Å². The van der Waals surface area contributed by atoms with Gasteiger partial charge in [-0.2, -0.15) is 5.10 Å². The van der Waals surface area contributed by atoms with Crippen LogP contribution in [0.1, 0.15) is 13.8 Å². The molecule has 0 bridgehead atoms. The van der Waals surface area contributed by atoms with Crippen molar-refractivity contribution in [2.24, 2.45) is 0 Å². The lowest BCUT2D eigenvalue weighted by Gasteiger charge is -2.07. The molecule has 1 atom stereocenters. The summed E-state index contributed by atoms with van der Waals surface area (Å²) in [4.78, 5) is 35.2. The quantitative estimate of drug-likeness (QED) is 0.547. The number of rotatable bonds is 4. The first kappa shape index (κ1) is 12.5. The van der Waals surface area contributed by atoms with Crippen LogP contribution in [-0.2, 0) is 9.53 Å². The SMILES string of the molecule is CCOC(=O)C(C)Sc1n[nH]c(=O)[nH]c1=O. The lowest BCUT2D eigenvalue weighted by atomic mass is 10.5. The third kappa shape index (κ3) is 3.23. The van der Waals surface area contributed by atoms with E-state index in [0.717, 1.165) is 11.8 Å². The molecule has 0 radical (unpaired) electrons. The van der Waals surface area contributed by atoms with Gasteiger partial charge in [-0.3, -0.25) is 14.6 Å². The molecule has 0 aliphatic carbocycles. The number of aromatic amines is 2. The van der Waals surface area contributed by atoms with E-state index in [-0.39, 0.29) is 11.6 Å². The van der Waals surface area contributed by atoms with Crippen molar-refractivity contribution in [1.29, 1.82) is 0 Å². The second-order valence-corrected chi connectivity index (χ2v) is 4.15. The molecule has 16 heavy (non-hydrogen) atoms. The number of esters is 1. The topological polar surface area (TPSA) is 105 Å². The van der Waals surface area contributed by atoms with Crippen molar-refractivity contribution in [2.75, 3.05) is 6.61 Å². The summed E-state index contributed by atoms with van der Waals surface area (Å²) in [6.45, 7) is 3.56. The van der Waals surface area contributed by atoms with Crippen LogP contribution in [0.2, 0.25) is 0 Å². The Morgan fingerprint density at radius 3 is 2.81 bits per heavy atom. The smallest absolute Gasteiger partial charge is 0.342 e. The van der Waals surface area contributed by atoms with Crippen molar-refractivity contribution in [1.82, 2.24) is 15.2 Å². The Kier molecular flexibility index (Phi) is 4.29. The maximum Gasteiger partial charge on any atom is 0.342 e. The van der Waals surface area contributed by atoms with Gasteiger partial charge in [-0.15, -0.1) is 0 Å². The van der Waals surface area contributed by atoms with Crippen LogP contribution in [0.3, 0.4) is 0 Å². The molecule has 0 aliphatic heterocycles. The molecule has 88 valence electrons. The molecule has 1 aromatic heterocycles. The normalized spacial score (nSPS) is 12.1. The number of nitrogens with one attached hydrogen (secondary N) is 2. The van der Waals surface area contributed by atoms with Gasteiger partial charge < -0.3 is 4.74 Å². The summed E-state index contributed by atoms with van der Waals surface area (Å²) >= 11 is 0.927. The Bertz CT molecular complexity index is 481. The number of H-pyrrole nitrogens is 2. The van der Waals surface area contributed by atoms with Gasteiger partial charge in [0.1, 0.15) is 5.25 Å². The average molecular weight is 245 g/mol. The molecule has 0 aromatic carbocycles. The number of hydrogen-bond donors (Lipinski definition) is 2. The van der Waals surface area contributed by atoms with E-state index >= 15 is 0 Å². The Hall–Kier alpha value is -1.57. The highest BCUT2D eigenvalue weighted by Gasteiger charge is 2.18. The van der Waals surface area contributed by atoms with Crippen molar-refractivity contribution in [3.8, 4) is 0 Å². The second kappa shape index (κ2) is 5.50. The van der Waals surface area contributed by atoms with Crippen LogP contribution in [0, 0.1) is 0 Å². The van der Waals surface area contributed by atoms with E-state index in [9.17, 15) is 14.4 Å². The highest BCUT2D eigenvalue weighted by atomic mass is 32.2.